The lowest BCUT2D eigenvalue weighted by Crippen LogP contribution is -2.57. The minimum atomic E-state index is 0.223. The van der Waals surface area contributed by atoms with E-state index in [9.17, 15) is 0 Å². The number of rotatable bonds is 6. The highest BCUT2D eigenvalue weighted by Crippen LogP contribution is 2.66. The van der Waals surface area contributed by atoms with E-state index in [2.05, 4.69) is 157 Å². The van der Waals surface area contributed by atoms with Crippen LogP contribution in [0.25, 0.3) is 31.3 Å². The normalized spacial score (nSPS) is 23.1. The zero-order valence-electron chi connectivity index (χ0n) is 32.9. The van der Waals surface area contributed by atoms with Gasteiger partial charge in [-0.15, -0.1) is 11.3 Å². The van der Waals surface area contributed by atoms with Crippen LogP contribution < -0.4 is 16.4 Å². The molecule has 6 aromatic carbocycles. The van der Waals surface area contributed by atoms with Gasteiger partial charge in [-0.2, -0.15) is 0 Å². The molecule has 268 valence electrons. The molecule has 1 aromatic heterocycles. The minimum absolute atomic E-state index is 0.223. The van der Waals surface area contributed by atoms with Gasteiger partial charge in [0.2, 0.25) is 6.71 Å². The number of hydrogen-bond acceptors (Lipinski definition) is 1. The molecule has 0 aliphatic heterocycles. The highest BCUT2D eigenvalue weighted by Gasteiger charge is 2.58. The zero-order chi connectivity index (χ0) is 36.9. The molecule has 0 amide bonds. The third kappa shape index (κ3) is 5.46. The second-order valence-electron chi connectivity index (χ2n) is 18.1. The number of benzene rings is 6. The number of hydrogen-bond donors (Lipinski definition) is 0. The maximum absolute atomic E-state index is 2.56. The lowest BCUT2D eigenvalue weighted by atomic mass is 9.34. The van der Waals surface area contributed by atoms with E-state index < -0.39 is 0 Å². The molecule has 0 saturated heterocycles. The van der Waals surface area contributed by atoms with Gasteiger partial charge < -0.3 is 0 Å². The van der Waals surface area contributed by atoms with Crippen molar-refractivity contribution in [1.82, 2.24) is 0 Å². The van der Waals surface area contributed by atoms with Crippen molar-refractivity contribution in [3.05, 3.63) is 160 Å². The van der Waals surface area contributed by atoms with Crippen molar-refractivity contribution in [2.24, 2.45) is 11.8 Å². The fraction of sp³-hybridized carbons (Fsp3) is 0.308. The first-order valence-corrected chi connectivity index (χ1v) is 21.2. The smallest absolute Gasteiger partial charge is 0.135 e. The van der Waals surface area contributed by atoms with Gasteiger partial charge in [0.1, 0.15) is 0 Å². The number of fused-ring (bicyclic) bond motifs is 3. The van der Waals surface area contributed by atoms with Crippen LogP contribution in [0.1, 0.15) is 83.0 Å². The quantitative estimate of drug-likeness (QED) is 0.150. The van der Waals surface area contributed by atoms with Crippen molar-refractivity contribution in [1.29, 1.82) is 0 Å². The molecule has 1 heterocycles. The Balaban J connectivity index is 0.993. The predicted molar refractivity (Wildman–Crippen MR) is 235 cm³/mol. The van der Waals surface area contributed by atoms with Crippen LogP contribution in [0.3, 0.4) is 0 Å². The highest BCUT2D eigenvalue weighted by molar-refractivity contribution is 7.25. The maximum atomic E-state index is 2.56. The Labute approximate surface area is 326 Å². The summed E-state index contributed by atoms with van der Waals surface area (Å²) in [5.41, 5.74) is 19.0. The molecular formula is C52H51BS. The van der Waals surface area contributed by atoms with E-state index in [-0.39, 0.29) is 17.5 Å². The van der Waals surface area contributed by atoms with Crippen molar-refractivity contribution in [3.8, 4) is 11.1 Å². The predicted octanol–water partition coefficient (Wildman–Crippen LogP) is 11.9. The lowest BCUT2D eigenvalue weighted by molar-refractivity contribution is -0.0281. The summed E-state index contributed by atoms with van der Waals surface area (Å²) in [4.78, 5) is 0. The molecule has 4 fully saturated rings. The number of aryl methyl sites for hydroxylation is 6. The van der Waals surface area contributed by atoms with Crippen LogP contribution in [-0.4, -0.2) is 6.71 Å². The summed E-state index contributed by atoms with van der Waals surface area (Å²) in [6, 6.07) is 45.5. The van der Waals surface area contributed by atoms with E-state index in [1.807, 2.05) is 11.3 Å². The average Bonchev–Trinajstić information content (AvgIpc) is 3.51. The number of thiophene rings is 1. The molecule has 4 saturated carbocycles. The van der Waals surface area contributed by atoms with Gasteiger partial charge in [-0.05, 0) is 143 Å². The minimum Gasteiger partial charge on any atom is -0.135 e. The molecule has 2 atom stereocenters. The summed E-state index contributed by atoms with van der Waals surface area (Å²) >= 11 is 1.90. The lowest BCUT2D eigenvalue weighted by Gasteiger charge is -2.63. The van der Waals surface area contributed by atoms with Gasteiger partial charge in [-0.1, -0.05) is 147 Å². The highest BCUT2D eigenvalue weighted by atomic mass is 32.1. The van der Waals surface area contributed by atoms with Gasteiger partial charge in [0, 0.05) is 20.2 Å². The van der Waals surface area contributed by atoms with Crippen LogP contribution in [0.2, 0.25) is 0 Å². The van der Waals surface area contributed by atoms with Gasteiger partial charge in [-0.25, -0.2) is 0 Å². The fourth-order valence-corrected chi connectivity index (χ4v) is 13.7. The largest absolute Gasteiger partial charge is 0.242 e. The summed E-state index contributed by atoms with van der Waals surface area (Å²) in [6.45, 7) is 14.0. The molecular weight excluding hydrogens is 667 g/mol. The monoisotopic (exact) mass is 718 g/mol. The Kier molecular flexibility index (Phi) is 7.94. The zero-order valence-corrected chi connectivity index (χ0v) is 33.7. The molecule has 7 aromatic rings. The van der Waals surface area contributed by atoms with Crippen molar-refractivity contribution in [2.45, 2.75) is 90.9 Å². The third-order valence-corrected chi connectivity index (χ3v) is 15.3. The summed E-state index contributed by atoms with van der Waals surface area (Å²) in [5.74, 6) is 1.65. The van der Waals surface area contributed by atoms with Crippen LogP contribution in [-0.2, 0) is 10.8 Å². The van der Waals surface area contributed by atoms with Gasteiger partial charge in [0.25, 0.3) is 0 Å². The van der Waals surface area contributed by atoms with Crippen LogP contribution in [0.15, 0.2) is 115 Å². The van der Waals surface area contributed by atoms with Crippen LogP contribution in [0.4, 0.5) is 0 Å². The second-order valence-corrected chi connectivity index (χ2v) is 19.2. The van der Waals surface area contributed by atoms with E-state index in [0.29, 0.717) is 0 Å². The molecule has 2 unspecified atom stereocenters. The maximum Gasteiger partial charge on any atom is 0.242 e. The van der Waals surface area contributed by atoms with Gasteiger partial charge in [-0.3, -0.25) is 0 Å². The first kappa shape index (κ1) is 34.1. The fourth-order valence-electron chi connectivity index (χ4n) is 12.7. The van der Waals surface area contributed by atoms with E-state index in [1.54, 1.807) is 11.1 Å². The van der Waals surface area contributed by atoms with Crippen molar-refractivity contribution in [2.75, 3.05) is 0 Å². The van der Waals surface area contributed by atoms with Crippen molar-refractivity contribution < 1.29 is 0 Å². The topological polar surface area (TPSA) is 0 Å². The Morgan fingerprint density at radius 2 is 0.981 bits per heavy atom. The molecule has 0 nitrogen and oxygen atoms in total. The molecule has 0 N–H and O–H groups in total. The third-order valence-electron chi connectivity index (χ3n) is 14.2. The van der Waals surface area contributed by atoms with Crippen LogP contribution in [0.5, 0.6) is 0 Å². The molecule has 4 aliphatic carbocycles. The Bertz CT molecular complexity index is 2470. The van der Waals surface area contributed by atoms with E-state index in [1.165, 1.54) is 120 Å². The first-order chi connectivity index (χ1) is 26.1. The van der Waals surface area contributed by atoms with Gasteiger partial charge in [0.05, 0.1) is 0 Å². The van der Waals surface area contributed by atoms with Gasteiger partial charge >= 0.3 is 0 Å². The van der Waals surface area contributed by atoms with Crippen molar-refractivity contribution >= 4 is 54.6 Å². The Hall–Kier alpha value is -4.40. The van der Waals surface area contributed by atoms with E-state index >= 15 is 0 Å². The molecule has 0 spiro atoms. The Morgan fingerprint density at radius 3 is 1.54 bits per heavy atom. The summed E-state index contributed by atoms with van der Waals surface area (Å²) in [6.07, 6.45) is 8.13. The molecule has 4 bridgehead atoms. The Morgan fingerprint density at radius 1 is 0.500 bits per heavy atom. The molecule has 2 heteroatoms. The first-order valence-electron chi connectivity index (χ1n) is 20.4. The van der Waals surface area contributed by atoms with E-state index in [0.717, 1.165) is 11.8 Å². The summed E-state index contributed by atoms with van der Waals surface area (Å²) in [5, 5.41) is 2.75. The molecule has 11 rings (SSSR count). The SMILES string of the molecule is Cc1cc(C)c(B(c2ccc(C34CC5CC(C3)CC(c3ccc(-c6ccc7sc8ccccc8c7c6)cc3)(C5)C4)cc2)c2c(C)cc(C)cc2C)c(C)c1. The molecule has 4 aliphatic rings. The van der Waals surface area contributed by atoms with Crippen molar-refractivity contribution in [3.63, 3.8) is 0 Å². The molecule has 0 radical (unpaired) electrons. The van der Waals surface area contributed by atoms with Gasteiger partial charge in [0.15, 0.2) is 0 Å². The van der Waals surface area contributed by atoms with E-state index in [4.69, 9.17) is 0 Å². The summed E-state index contributed by atoms with van der Waals surface area (Å²) in [7, 11) is 0. The second kappa shape index (κ2) is 12.6. The summed E-state index contributed by atoms with van der Waals surface area (Å²) < 4.78 is 2.75. The van der Waals surface area contributed by atoms with Crippen LogP contribution >= 0.6 is 11.3 Å². The standard InChI is InChI=1S/C52H51BS/c1-32-21-34(3)49(35(4)22-32)53(50-36(5)23-33(2)24-37(50)6)44-18-16-43(17-19-44)52-29-38-25-39(30-52)28-51(27-38,31-52)42-14-11-40(12-15-42)41-13-20-48-46(26-41)45-9-7-8-10-47(45)54-48/h7-24,26,38-39H,25,27-31H2,1-6H3. The van der Waals surface area contributed by atoms with Crippen LogP contribution in [0, 0.1) is 53.4 Å². The molecule has 54 heavy (non-hydrogen) atoms. The average molecular weight is 719 g/mol.